The molecule has 12 heteroatoms. The van der Waals surface area contributed by atoms with Crippen molar-refractivity contribution < 1.29 is 28.7 Å². The Hall–Kier alpha value is -4.29. The molecule has 1 aliphatic carbocycles. The molecule has 4 amide bonds. The molecule has 0 unspecified atom stereocenters. The minimum Gasteiger partial charge on any atom is -0.494 e. The largest absolute Gasteiger partial charge is 0.494 e. The standard InChI is InChI=1S/C44H61N5O6S/c1-28(30-14-16-31(17-15-30)36-29(2)45-27-56-36)46-39(52)34-13-12-22-49(34)40(53)37(42(3,4)5)47-35(50)25-54-23-10-11-24-55-33-20-18-32(19-21-33)38(51)48-41-43(6,7)26-44(41,8)9/h14-21,27-28,34,37,41H,10-13,22-26H2,1-9H3,(H,46,52)(H,47,50)(H,48,51)/t28-,34-,37+/m0/s1. The zero-order valence-corrected chi connectivity index (χ0v) is 35.4. The van der Waals surface area contributed by atoms with E-state index in [-0.39, 0.29) is 53.1 Å². The molecule has 3 aromatic rings. The summed E-state index contributed by atoms with van der Waals surface area (Å²) in [6.45, 7) is 19.5. The van der Waals surface area contributed by atoms with Gasteiger partial charge in [0.05, 0.1) is 28.7 Å². The molecular weight excluding hydrogens is 727 g/mol. The van der Waals surface area contributed by atoms with Gasteiger partial charge in [-0.3, -0.25) is 19.2 Å². The molecule has 1 aliphatic heterocycles. The number of thiazole rings is 1. The highest BCUT2D eigenvalue weighted by molar-refractivity contribution is 7.13. The second-order valence-electron chi connectivity index (χ2n) is 17.9. The number of rotatable bonds is 16. The molecule has 0 spiro atoms. The lowest BCUT2D eigenvalue weighted by Crippen LogP contribution is -2.63. The molecule has 1 saturated heterocycles. The third-order valence-corrected chi connectivity index (χ3v) is 12.1. The van der Waals surface area contributed by atoms with Gasteiger partial charge in [0.1, 0.15) is 24.4 Å². The minimum absolute atomic E-state index is 0.0730. The van der Waals surface area contributed by atoms with Crippen LogP contribution in [0, 0.1) is 23.2 Å². The van der Waals surface area contributed by atoms with E-state index in [1.54, 1.807) is 28.4 Å². The number of carbonyl (C=O) groups excluding carboxylic acids is 4. The number of ether oxygens (including phenoxy) is 2. The van der Waals surface area contributed by atoms with Crippen molar-refractivity contribution in [1.82, 2.24) is 25.8 Å². The number of aromatic nitrogens is 1. The monoisotopic (exact) mass is 787 g/mol. The Kier molecular flexibility index (Phi) is 13.7. The highest BCUT2D eigenvalue weighted by Gasteiger charge is 2.53. The summed E-state index contributed by atoms with van der Waals surface area (Å²) >= 11 is 1.60. The lowest BCUT2D eigenvalue weighted by atomic mass is 9.52. The molecule has 2 heterocycles. The summed E-state index contributed by atoms with van der Waals surface area (Å²) in [5.41, 5.74) is 5.06. The first kappa shape index (κ1) is 42.8. The number of likely N-dealkylation sites (tertiary alicyclic amines) is 1. The van der Waals surface area contributed by atoms with Gasteiger partial charge in [0.25, 0.3) is 5.91 Å². The van der Waals surface area contributed by atoms with Crippen LogP contribution in [-0.4, -0.2) is 78.0 Å². The van der Waals surface area contributed by atoms with E-state index in [0.717, 1.165) is 28.1 Å². The van der Waals surface area contributed by atoms with Crippen molar-refractivity contribution in [3.63, 3.8) is 0 Å². The van der Waals surface area contributed by atoms with Crippen molar-refractivity contribution in [2.75, 3.05) is 26.4 Å². The van der Waals surface area contributed by atoms with Gasteiger partial charge < -0.3 is 30.3 Å². The van der Waals surface area contributed by atoms with Gasteiger partial charge in [0, 0.05) is 24.8 Å². The topological polar surface area (TPSA) is 139 Å². The quantitative estimate of drug-likeness (QED) is 0.130. The Morgan fingerprint density at radius 3 is 2.21 bits per heavy atom. The first-order valence-electron chi connectivity index (χ1n) is 19.9. The van der Waals surface area contributed by atoms with Crippen molar-refractivity contribution in [2.45, 2.75) is 119 Å². The molecule has 56 heavy (non-hydrogen) atoms. The molecule has 5 rings (SSSR count). The molecule has 1 saturated carbocycles. The van der Waals surface area contributed by atoms with Crippen LogP contribution in [0.1, 0.15) is 115 Å². The summed E-state index contributed by atoms with van der Waals surface area (Å²) in [4.78, 5) is 60.4. The van der Waals surface area contributed by atoms with E-state index in [9.17, 15) is 19.2 Å². The lowest BCUT2D eigenvalue weighted by Gasteiger charge is -2.57. The Morgan fingerprint density at radius 2 is 1.61 bits per heavy atom. The average molecular weight is 788 g/mol. The van der Waals surface area contributed by atoms with E-state index >= 15 is 0 Å². The number of hydrogen-bond donors (Lipinski definition) is 3. The molecule has 11 nitrogen and oxygen atoms in total. The van der Waals surface area contributed by atoms with Crippen LogP contribution in [0.3, 0.4) is 0 Å². The minimum atomic E-state index is -0.824. The smallest absolute Gasteiger partial charge is 0.251 e. The molecule has 1 aromatic heterocycles. The Morgan fingerprint density at radius 1 is 0.946 bits per heavy atom. The van der Waals surface area contributed by atoms with Gasteiger partial charge in [-0.2, -0.15) is 0 Å². The third-order valence-electron chi connectivity index (χ3n) is 11.1. The van der Waals surface area contributed by atoms with E-state index in [4.69, 9.17) is 9.47 Å². The molecule has 2 fully saturated rings. The van der Waals surface area contributed by atoms with Crippen LogP contribution in [0.2, 0.25) is 0 Å². The highest BCUT2D eigenvalue weighted by atomic mass is 32.1. The van der Waals surface area contributed by atoms with Crippen LogP contribution in [0.4, 0.5) is 0 Å². The second-order valence-corrected chi connectivity index (χ2v) is 18.7. The van der Waals surface area contributed by atoms with Gasteiger partial charge in [-0.1, -0.05) is 72.7 Å². The fraction of sp³-hybridized carbons (Fsp3) is 0.568. The third kappa shape index (κ3) is 10.6. The van der Waals surface area contributed by atoms with Crippen molar-refractivity contribution in [3.8, 4) is 16.2 Å². The Balaban J connectivity index is 1.02. The fourth-order valence-corrected chi connectivity index (χ4v) is 9.30. The fourth-order valence-electron chi connectivity index (χ4n) is 8.49. The van der Waals surface area contributed by atoms with E-state index < -0.39 is 17.5 Å². The number of nitrogens with one attached hydrogen (secondary N) is 3. The SMILES string of the molecule is Cc1ncsc1-c1ccc([C@H](C)NC(=O)[C@@H]2CCCN2C(=O)[C@@H](NC(=O)COCCCCOc2ccc(C(=O)NC3C(C)(C)CC3(C)C)cc2)C(C)(C)C)cc1. The van der Waals surface area contributed by atoms with E-state index in [2.05, 4.69) is 48.6 Å². The van der Waals surface area contributed by atoms with Crippen molar-refractivity contribution in [1.29, 1.82) is 0 Å². The number of unbranched alkanes of at least 4 members (excludes halogenated alkanes) is 1. The summed E-state index contributed by atoms with van der Waals surface area (Å²) < 4.78 is 11.5. The zero-order chi connectivity index (χ0) is 40.8. The normalized spacial score (nSPS) is 18.7. The van der Waals surface area contributed by atoms with Crippen molar-refractivity contribution in [3.05, 3.63) is 70.9 Å². The summed E-state index contributed by atoms with van der Waals surface area (Å²) in [6, 6.07) is 13.7. The first-order chi connectivity index (χ1) is 26.4. The maximum Gasteiger partial charge on any atom is 0.251 e. The molecule has 3 N–H and O–H groups in total. The predicted molar refractivity (Wildman–Crippen MR) is 220 cm³/mol. The molecule has 3 atom stereocenters. The lowest BCUT2D eigenvalue weighted by molar-refractivity contribution is -0.144. The molecular formula is C44H61N5O6S. The molecule has 2 aromatic carbocycles. The second kappa shape index (κ2) is 17.9. The number of carbonyl (C=O) groups is 4. The predicted octanol–water partition coefficient (Wildman–Crippen LogP) is 7.25. The summed E-state index contributed by atoms with van der Waals surface area (Å²) in [7, 11) is 0. The van der Waals surface area contributed by atoms with E-state index in [1.807, 2.05) is 76.5 Å². The van der Waals surface area contributed by atoms with Gasteiger partial charge in [0.2, 0.25) is 17.7 Å². The van der Waals surface area contributed by atoms with Gasteiger partial charge in [-0.15, -0.1) is 11.3 Å². The molecule has 2 aliphatic rings. The van der Waals surface area contributed by atoms with Crippen molar-refractivity contribution in [2.24, 2.45) is 16.2 Å². The summed E-state index contributed by atoms with van der Waals surface area (Å²) in [6.07, 6.45) is 3.74. The first-order valence-corrected chi connectivity index (χ1v) is 20.8. The number of nitrogens with zero attached hydrogens (tertiary/aromatic N) is 2. The Labute approximate surface area is 336 Å². The maximum absolute atomic E-state index is 13.9. The van der Waals surface area contributed by atoms with Crippen LogP contribution in [-0.2, 0) is 19.1 Å². The number of hydrogen-bond acceptors (Lipinski definition) is 8. The number of aryl methyl sites for hydroxylation is 1. The molecule has 0 radical (unpaired) electrons. The number of benzene rings is 2. The average Bonchev–Trinajstić information content (AvgIpc) is 3.81. The van der Waals surface area contributed by atoms with Gasteiger partial charge in [-0.25, -0.2) is 4.98 Å². The van der Waals surface area contributed by atoms with Gasteiger partial charge in [0.15, 0.2) is 0 Å². The van der Waals surface area contributed by atoms with Crippen LogP contribution in [0.15, 0.2) is 54.0 Å². The highest BCUT2D eigenvalue weighted by Crippen LogP contribution is 2.53. The zero-order valence-electron chi connectivity index (χ0n) is 34.6. The van der Waals surface area contributed by atoms with Crippen LogP contribution in [0.5, 0.6) is 5.75 Å². The van der Waals surface area contributed by atoms with Crippen LogP contribution < -0.4 is 20.7 Å². The molecule has 0 bridgehead atoms. The van der Waals surface area contributed by atoms with Crippen LogP contribution in [0.25, 0.3) is 10.4 Å². The number of amides is 4. The Bertz CT molecular complexity index is 1820. The van der Waals surface area contributed by atoms with E-state index in [1.165, 1.54) is 0 Å². The molecule has 304 valence electrons. The van der Waals surface area contributed by atoms with Gasteiger partial charge >= 0.3 is 0 Å². The maximum atomic E-state index is 13.9. The van der Waals surface area contributed by atoms with Crippen molar-refractivity contribution >= 4 is 35.0 Å². The summed E-state index contributed by atoms with van der Waals surface area (Å²) in [5, 5.41) is 9.22. The van der Waals surface area contributed by atoms with E-state index in [0.29, 0.717) is 56.8 Å². The summed E-state index contributed by atoms with van der Waals surface area (Å²) in [5.74, 6) is -0.235. The van der Waals surface area contributed by atoms with Gasteiger partial charge in [-0.05, 0) is 97.6 Å². The van der Waals surface area contributed by atoms with Crippen LogP contribution >= 0.6 is 11.3 Å².